The van der Waals surface area contributed by atoms with E-state index in [0.717, 1.165) is 63.6 Å². The minimum absolute atomic E-state index is 0. The number of nitrogens with one attached hydrogen (secondary N) is 1. The first-order valence-corrected chi connectivity index (χ1v) is 13.9. The fourth-order valence-electron chi connectivity index (χ4n) is 4.13. The van der Waals surface area contributed by atoms with E-state index in [1.165, 1.54) is 16.7 Å². The van der Waals surface area contributed by atoms with Gasteiger partial charge in [-0.1, -0.05) is 60.8 Å². The number of nitrogens with zero attached hydrogens (tertiary/aromatic N) is 2. The molecule has 0 spiro atoms. The SMILES string of the molecule is Cl.Cl.O=S(=O)(CCCCCCN1CCN(Cc2ccc(-c3ccc(Cl)cc3)cc2)CC1)NCCO. The second-order valence-corrected chi connectivity index (χ2v) is 11.0. The van der Waals surface area contributed by atoms with Gasteiger partial charge in [-0.05, 0) is 48.2 Å². The molecule has 1 aliphatic heterocycles. The summed E-state index contributed by atoms with van der Waals surface area (Å²) >= 11 is 5.98. The van der Waals surface area contributed by atoms with Gasteiger partial charge in [0.25, 0.3) is 0 Å². The lowest BCUT2D eigenvalue weighted by Gasteiger charge is -2.34. The molecular weight excluding hydrogens is 529 g/mol. The van der Waals surface area contributed by atoms with Gasteiger partial charge in [0.05, 0.1) is 12.4 Å². The predicted octanol–water partition coefficient (Wildman–Crippen LogP) is 4.44. The molecule has 35 heavy (non-hydrogen) atoms. The molecule has 0 bridgehead atoms. The molecule has 0 aromatic heterocycles. The molecule has 2 aromatic carbocycles. The van der Waals surface area contributed by atoms with Crippen LogP contribution in [0.25, 0.3) is 11.1 Å². The Morgan fingerprint density at radius 1 is 0.800 bits per heavy atom. The number of sulfonamides is 1. The molecule has 6 nitrogen and oxygen atoms in total. The number of unbranched alkanes of at least 4 members (excludes halogenated alkanes) is 3. The van der Waals surface area contributed by atoms with Crippen molar-refractivity contribution in [3.05, 3.63) is 59.1 Å². The number of rotatable bonds is 13. The van der Waals surface area contributed by atoms with E-state index in [0.29, 0.717) is 6.42 Å². The van der Waals surface area contributed by atoms with Crippen LogP contribution in [0.15, 0.2) is 48.5 Å². The number of piperazine rings is 1. The van der Waals surface area contributed by atoms with Crippen molar-refractivity contribution in [1.82, 2.24) is 14.5 Å². The monoisotopic (exact) mass is 565 g/mol. The molecule has 1 saturated heterocycles. The molecule has 3 rings (SSSR count). The second-order valence-electron chi connectivity index (χ2n) is 8.67. The van der Waals surface area contributed by atoms with E-state index in [9.17, 15) is 8.42 Å². The van der Waals surface area contributed by atoms with E-state index < -0.39 is 10.0 Å². The molecule has 0 unspecified atom stereocenters. The summed E-state index contributed by atoms with van der Waals surface area (Å²) in [6.07, 6.45) is 3.75. The number of aliphatic hydroxyl groups excluding tert-OH is 1. The topological polar surface area (TPSA) is 72.9 Å². The van der Waals surface area contributed by atoms with Gasteiger partial charge >= 0.3 is 0 Å². The predicted molar refractivity (Wildman–Crippen MR) is 150 cm³/mol. The number of hydrogen-bond acceptors (Lipinski definition) is 5. The molecule has 1 heterocycles. The van der Waals surface area contributed by atoms with Crippen LogP contribution in [0.2, 0.25) is 5.02 Å². The highest BCUT2D eigenvalue weighted by Gasteiger charge is 2.16. The van der Waals surface area contributed by atoms with E-state index in [-0.39, 0.29) is 43.7 Å². The molecule has 10 heteroatoms. The summed E-state index contributed by atoms with van der Waals surface area (Å²) in [5.74, 6) is 0.145. The van der Waals surface area contributed by atoms with Gasteiger partial charge in [-0.2, -0.15) is 0 Å². The van der Waals surface area contributed by atoms with Gasteiger partial charge < -0.3 is 10.0 Å². The zero-order chi connectivity index (χ0) is 23.5. The Labute approximate surface area is 227 Å². The average molecular weight is 567 g/mol. The molecular formula is C25H38Cl3N3O3S. The molecule has 2 aromatic rings. The summed E-state index contributed by atoms with van der Waals surface area (Å²) < 4.78 is 25.8. The summed E-state index contributed by atoms with van der Waals surface area (Å²) in [4.78, 5) is 5.03. The van der Waals surface area contributed by atoms with Gasteiger partial charge in [0.1, 0.15) is 0 Å². The van der Waals surface area contributed by atoms with Crippen molar-refractivity contribution in [3.63, 3.8) is 0 Å². The van der Waals surface area contributed by atoms with E-state index in [2.05, 4.69) is 50.9 Å². The summed E-state index contributed by atoms with van der Waals surface area (Å²) in [6, 6.07) is 16.8. The van der Waals surface area contributed by atoms with Crippen LogP contribution in [0.4, 0.5) is 0 Å². The maximum atomic E-state index is 11.7. The number of benzene rings is 2. The van der Waals surface area contributed by atoms with Crippen molar-refractivity contribution in [2.45, 2.75) is 32.2 Å². The Morgan fingerprint density at radius 3 is 1.94 bits per heavy atom. The standard InChI is InChI=1S/C25H36ClN3O3S.2ClH/c26-25-11-9-24(10-12-25)23-7-5-22(6-8-23)21-29-17-15-28(16-18-29)14-3-1-2-4-20-33(31,32)27-13-19-30;;/h5-12,27,30H,1-4,13-21H2;2*1H. The van der Waals surface area contributed by atoms with Crippen molar-refractivity contribution < 1.29 is 13.5 Å². The lowest BCUT2D eigenvalue weighted by Crippen LogP contribution is -2.46. The third-order valence-corrected chi connectivity index (χ3v) is 7.80. The lowest BCUT2D eigenvalue weighted by atomic mass is 10.0. The van der Waals surface area contributed by atoms with Crippen molar-refractivity contribution >= 4 is 46.4 Å². The molecule has 0 amide bonds. The fourth-order valence-corrected chi connectivity index (χ4v) is 5.39. The third kappa shape index (κ3) is 11.8. The molecule has 2 N–H and O–H groups in total. The molecule has 1 fully saturated rings. The van der Waals surface area contributed by atoms with Crippen LogP contribution in [0.5, 0.6) is 0 Å². The Bertz CT molecular complexity index is 937. The Balaban J connectivity index is 0.00000306. The highest BCUT2D eigenvalue weighted by molar-refractivity contribution is 7.89. The van der Waals surface area contributed by atoms with Crippen LogP contribution >= 0.6 is 36.4 Å². The van der Waals surface area contributed by atoms with Crippen LogP contribution in [0.1, 0.15) is 31.2 Å². The highest BCUT2D eigenvalue weighted by atomic mass is 35.5. The largest absolute Gasteiger partial charge is 0.395 e. The van der Waals surface area contributed by atoms with Gasteiger partial charge in [0.2, 0.25) is 10.0 Å². The molecule has 1 aliphatic rings. The minimum atomic E-state index is -3.23. The van der Waals surface area contributed by atoms with E-state index in [1.54, 1.807) is 0 Å². The van der Waals surface area contributed by atoms with Crippen molar-refractivity contribution in [1.29, 1.82) is 0 Å². The zero-order valence-corrected chi connectivity index (χ0v) is 23.3. The molecule has 0 radical (unpaired) electrons. The normalized spacial score (nSPS) is 14.8. The van der Waals surface area contributed by atoms with Gasteiger partial charge in [0.15, 0.2) is 0 Å². The summed E-state index contributed by atoms with van der Waals surface area (Å²) in [5, 5.41) is 9.46. The molecule has 0 saturated carbocycles. The van der Waals surface area contributed by atoms with Crippen LogP contribution in [-0.4, -0.2) is 75.0 Å². The average Bonchev–Trinajstić information content (AvgIpc) is 2.82. The third-order valence-electron chi connectivity index (χ3n) is 6.07. The highest BCUT2D eigenvalue weighted by Crippen LogP contribution is 2.22. The minimum Gasteiger partial charge on any atom is -0.395 e. The first-order chi connectivity index (χ1) is 15.9. The van der Waals surface area contributed by atoms with Crippen LogP contribution in [0.3, 0.4) is 0 Å². The first kappa shape index (κ1) is 32.1. The second kappa shape index (κ2) is 16.8. The summed E-state index contributed by atoms with van der Waals surface area (Å²) in [5.41, 5.74) is 3.73. The Kier molecular flexibility index (Phi) is 15.4. The van der Waals surface area contributed by atoms with Gasteiger partial charge in [-0.3, -0.25) is 4.90 Å². The lowest BCUT2D eigenvalue weighted by molar-refractivity contribution is 0.125. The van der Waals surface area contributed by atoms with E-state index >= 15 is 0 Å². The van der Waals surface area contributed by atoms with E-state index in [4.69, 9.17) is 16.7 Å². The molecule has 0 aliphatic carbocycles. The van der Waals surface area contributed by atoms with Crippen LogP contribution in [0, 0.1) is 0 Å². The number of hydrogen-bond donors (Lipinski definition) is 2. The maximum absolute atomic E-state index is 11.7. The first-order valence-electron chi connectivity index (χ1n) is 11.8. The maximum Gasteiger partial charge on any atom is 0.211 e. The number of halogens is 3. The quantitative estimate of drug-likeness (QED) is 0.351. The van der Waals surface area contributed by atoms with Crippen LogP contribution in [-0.2, 0) is 16.6 Å². The fraction of sp³-hybridized carbons (Fsp3) is 0.520. The van der Waals surface area contributed by atoms with Gasteiger partial charge in [-0.25, -0.2) is 13.1 Å². The van der Waals surface area contributed by atoms with E-state index in [1.807, 2.05) is 12.1 Å². The number of aliphatic hydroxyl groups is 1. The molecule has 0 atom stereocenters. The Hall–Kier alpha value is -0.900. The van der Waals surface area contributed by atoms with Crippen molar-refractivity contribution in [3.8, 4) is 11.1 Å². The summed E-state index contributed by atoms with van der Waals surface area (Å²) in [7, 11) is -3.23. The van der Waals surface area contributed by atoms with Crippen LogP contribution < -0.4 is 4.72 Å². The van der Waals surface area contributed by atoms with Crippen molar-refractivity contribution in [2.75, 3.05) is 51.6 Å². The zero-order valence-electron chi connectivity index (χ0n) is 20.1. The molecule has 198 valence electrons. The summed E-state index contributed by atoms with van der Waals surface area (Å²) in [6.45, 7) is 6.32. The van der Waals surface area contributed by atoms with Gasteiger partial charge in [-0.15, -0.1) is 24.8 Å². The smallest absolute Gasteiger partial charge is 0.211 e. The van der Waals surface area contributed by atoms with Crippen molar-refractivity contribution in [2.24, 2.45) is 0 Å². The van der Waals surface area contributed by atoms with Gasteiger partial charge in [0, 0.05) is 44.3 Å². The Morgan fingerprint density at radius 2 is 1.34 bits per heavy atom.